The van der Waals surface area contributed by atoms with Crippen molar-refractivity contribution in [3.63, 3.8) is 0 Å². The maximum atomic E-state index is 14.2. The van der Waals surface area contributed by atoms with Crippen LogP contribution in [0.4, 0.5) is 0 Å². The Morgan fingerprint density at radius 1 is 0.446 bits per heavy atom. The Bertz CT molecular complexity index is 1820. The van der Waals surface area contributed by atoms with Gasteiger partial charge in [0.1, 0.15) is 48.4 Å². The fourth-order valence-electron chi connectivity index (χ4n) is 8.75. The predicted octanol–water partition coefficient (Wildman–Crippen LogP) is 5.43. The summed E-state index contributed by atoms with van der Waals surface area (Å²) in [5.74, 6) is -10.1. The number of carboxylic acid groups (broad SMARTS) is 2. The summed E-state index contributed by atoms with van der Waals surface area (Å²) in [5, 5.41) is 37.9. The molecule has 0 aliphatic carbocycles. The van der Waals surface area contributed by atoms with Gasteiger partial charge in [-0.25, -0.2) is 4.79 Å². The first-order chi connectivity index (χ1) is 34.6. The molecular formula is C54H95N7O13. The molecule has 0 unspecified atom stereocenters. The molecule has 1 rings (SSSR count). The third kappa shape index (κ3) is 28.4. The van der Waals surface area contributed by atoms with Crippen LogP contribution < -0.4 is 37.2 Å². The normalized spacial score (nSPS) is 23.9. The number of hydrogen-bond acceptors (Lipinski definition) is 11. The van der Waals surface area contributed by atoms with Crippen molar-refractivity contribution in [1.29, 1.82) is 0 Å². The summed E-state index contributed by atoms with van der Waals surface area (Å²) in [5.41, 5.74) is 0. The topological polar surface area (TPSA) is 305 Å². The largest absolute Gasteiger partial charge is 0.481 e. The molecule has 20 heteroatoms. The van der Waals surface area contributed by atoms with Crippen LogP contribution in [0.15, 0.2) is 0 Å². The lowest BCUT2D eigenvalue weighted by atomic mass is 9.98. The van der Waals surface area contributed by atoms with E-state index in [2.05, 4.69) is 51.1 Å². The summed E-state index contributed by atoms with van der Waals surface area (Å²) in [6, 6.07) is -9.64. The van der Waals surface area contributed by atoms with Gasteiger partial charge in [-0.2, -0.15) is 0 Å². The SMILES string of the molecule is CC(C)CCCCCCCCCC[C@@H]1CC(=O)N[C@@H](CCC(=O)O)C(=O)N[C@@H](CC(C)C)C(=O)N[C@H](CC(C)C)C(=O)N[C@@H](C(C)C)C(=O)N[C@@H](CC(=O)O)C(=O)N[C@H](CC(C)C)C(=O)N[C@@H](CC(C)C)C(=O)O1. The second kappa shape index (κ2) is 35.0. The molecular weight excluding hydrogens is 955 g/mol. The Kier molecular flexibility index (Phi) is 31.6. The fourth-order valence-corrected chi connectivity index (χ4v) is 8.75. The summed E-state index contributed by atoms with van der Waals surface area (Å²) in [7, 11) is 0. The molecule has 424 valence electrons. The van der Waals surface area contributed by atoms with Gasteiger partial charge >= 0.3 is 17.9 Å². The minimum Gasteiger partial charge on any atom is -0.481 e. The zero-order valence-electron chi connectivity index (χ0n) is 46.7. The van der Waals surface area contributed by atoms with E-state index in [0.717, 1.165) is 32.1 Å². The number of carbonyl (C=O) groups excluding carboxylic acids is 8. The van der Waals surface area contributed by atoms with Crippen LogP contribution in [-0.2, 0) is 52.7 Å². The molecule has 0 saturated carbocycles. The zero-order valence-corrected chi connectivity index (χ0v) is 46.7. The molecule has 74 heavy (non-hydrogen) atoms. The van der Waals surface area contributed by atoms with Gasteiger partial charge < -0.3 is 52.2 Å². The van der Waals surface area contributed by atoms with Gasteiger partial charge in [-0.1, -0.05) is 134 Å². The number of hydrogen-bond donors (Lipinski definition) is 9. The highest BCUT2D eigenvalue weighted by Crippen LogP contribution is 2.19. The van der Waals surface area contributed by atoms with Crippen molar-refractivity contribution in [2.75, 3.05) is 0 Å². The Morgan fingerprint density at radius 2 is 0.838 bits per heavy atom. The number of aliphatic carboxylic acids is 2. The van der Waals surface area contributed by atoms with Crippen LogP contribution in [0.3, 0.4) is 0 Å². The third-order valence-corrected chi connectivity index (χ3v) is 12.6. The summed E-state index contributed by atoms with van der Waals surface area (Å²) in [6.45, 7) is 22.1. The number of nitrogens with one attached hydrogen (secondary N) is 7. The van der Waals surface area contributed by atoms with Crippen LogP contribution in [0, 0.1) is 35.5 Å². The smallest absolute Gasteiger partial charge is 0.328 e. The Labute approximate surface area is 440 Å². The molecule has 0 aromatic rings. The number of unbranched alkanes of at least 4 members (excludes halogenated alkanes) is 7. The first-order valence-electron chi connectivity index (χ1n) is 27.3. The van der Waals surface area contributed by atoms with E-state index in [0.29, 0.717) is 12.3 Å². The monoisotopic (exact) mass is 1050 g/mol. The maximum Gasteiger partial charge on any atom is 0.328 e. The maximum absolute atomic E-state index is 14.2. The molecule has 1 aliphatic heterocycles. The highest BCUT2D eigenvalue weighted by atomic mass is 16.5. The van der Waals surface area contributed by atoms with Gasteiger partial charge in [0.25, 0.3) is 0 Å². The zero-order chi connectivity index (χ0) is 56.2. The molecule has 1 heterocycles. The van der Waals surface area contributed by atoms with Crippen molar-refractivity contribution in [3.05, 3.63) is 0 Å². The molecule has 20 nitrogen and oxygen atoms in total. The number of carbonyl (C=O) groups is 10. The van der Waals surface area contributed by atoms with Gasteiger partial charge in [-0.05, 0) is 80.5 Å². The molecule has 7 amide bonds. The van der Waals surface area contributed by atoms with Gasteiger partial charge in [0.05, 0.1) is 12.8 Å². The van der Waals surface area contributed by atoms with E-state index in [1.54, 1.807) is 55.4 Å². The van der Waals surface area contributed by atoms with E-state index >= 15 is 0 Å². The highest BCUT2D eigenvalue weighted by molar-refractivity contribution is 5.98. The number of ether oxygens (including phenoxy) is 1. The van der Waals surface area contributed by atoms with Crippen LogP contribution in [0.1, 0.15) is 199 Å². The van der Waals surface area contributed by atoms with E-state index in [1.165, 1.54) is 19.3 Å². The molecule has 0 radical (unpaired) electrons. The number of cyclic esters (lactones) is 1. The van der Waals surface area contributed by atoms with Gasteiger partial charge in [-0.15, -0.1) is 0 Å². The molecule has 0 aromatic heterocycles. The lowest BCUT2D eigenvalue weighted by Gasteiger charge is -2.29. The molecule has 0 aromatic carbocycles. The van der Waals surface area contributed by atoms with Crippen molar-refractivity contribution >= 4 is 59.3 Å². The van der Waals surface area contributed by atoms with Crippen LogP contribution in [0.2, 0.25) is 0 Å². The van der Waals surface area contributed by atoms with Crippen molar-refractivity contribution in [2.45, 2.75) is 247 Å². The highest BCUT2D eigenvalue weighted by Gasteiger charge is 2.37. The summed E-state index contributed by atoms with van der Waals surface area (Å²) >= 11 is 0. The number of rotatable bonds is 25. The second-order valence-electron chi connectivity index (χ2n) is 22.8. The number of esters is 1. The standard InChI is InChI=1S/C54H95N7O13/c1-31(2)21-19-17-15-13-14-16-18-20-22-37-29-44(62)55-38(23-24-45(63)64)48(67)56-39(25-32(3)4)49(68)58-41(27-34(7)8)52(71)61-47(36(11)12)53(72)59-42(30-46(65)66)51(70)57-40(26-33(5)6)50(69)60-43(28-35(9)10)54(73)74-37/h31-43,47H,13-30H2,1-12H3,(H,55,62)(H,56,67)(H,57,70)(H,58,68)(H,59,72)(H,60,69)(H,61,71)(H,63,64)(H,65,66)/t37-,38+,39+,40-,41-,42+,43+,47+/m1/s1. The first kappa shape index (κ1) is 66.7. The van der Waals surface area contributed by atoms with Crippen LogP contribution in [-0.4, -0.2) is 118 Å². The van der Waals surface area contributed by atoms with Crippen molar-refractivity contribution in [3.8, 4) is 0 Å². The average Bonchev–Trinajstić information content (AvgIpc) is 3.27. The second-order valence-corrected chi connectivity index (χ2v) is 22.8. The quantitative estimate of drug-likeness (QED) is 0.0408. The van der Waals surface area contributed by atoms with Gasteiger partial charge in [0, 0.05) is 6.42 Å². The fraction of sp³-hybridized carbons (Fsp3) is 0.815. The molecule has 9 N–H and O–H groups in total. The Hall–Kier alpha value is -5.30. The van der Waals surface area contributed by atoms with E-state index < -0.39 is 133 Å². The average molecular weight is 1050 g/mol. The Balaban J connectivity index is 3.92. The predicted molar refractivity (Wildman–Crippen MR) is 281 cm³/mol. The van der Waals surface area contributed by atoms with E-state index in [9.17, 15) is 58.2 Å². The summed E-state index contributed by atoms with van der Waals surface area (Å²) in [4.78, 5) is 137. The molecule has 1 fully saturated rings. The van der Waals surface area contributed by atoms with Gasteiger partial charge in [0.15, 0.2) is 0 Å². The van der Waals surface area contributed by atoms with Gasteiger partial charge in [0.2, 0.25) is 41.4 Å². The van der Waals surface area contributed by atoms with Crippen molar-refractivity contribution in [1.82, 2.24) is 37.2 Å². The number of amides is 7. The lowest BCUT2D eigenvalue weighted by Crippen LogP contribution is -2.61. The molecule has 0 bridgehead atoms. The summed E-state index contributed by atoms with van der Waals surface area (Å²) < 4.78 is 6.05. The minimum absolute atomic E-state index is 0.0395. The van der Waals surface area contributed by atoms with E-state index in [1.807, 2.05) is 13.8 Å². The lowest BCUT2D eigenvalue weighted by molar-refractivity contribution is -0.155. The molecule has 1 aliphatic rings. The van der Waals surface area contributed by atoms with Crippen LogP contribution in [0.25, 0.3) is 0 Å². The van der Waals surface area contributed by atoms with Crippen molar-refractivity contribution < 1.29 is 62.9 Å². The van der Waals surface area contributed by atoms with E-state index in [-0.39, 0.29) is 62.2 Å². The first-order valence-corrected chi connectivity index (χ1v) is 27.3. The van der Waals surface area contributed by atoms with E-state index in [4.69, 9.17) is 4.74 Å². The van der Waals surface area contributed by atoms with Crippen LogP contribution in [0.5, 0.6) is 0 Å². The van der Waals surface area contributed by atoms with Crippen LogP contribution >= 0.6 is 0 Å². The molecule has 8 atom stereocenters. The molecule has 1 saturated heterocycles. The Morgan fingerprint density at radius 3 is 1.27 bits per heavy atom. The minimum atomic E-state index is -1.72. The number of carboxylic acids is 2. The molecule has 0 spiro atoms. The van der Waals surface area contributed by atoms with Gasteiger partial charge in [-0.3, -0.25) is 43.2 Å². The summed E-state index contributed by atoms with van der Waals surface area (Å²) in [6.07, 6.45) is 6.28. The third-order valence-electron chi connectivity index (χ3n) is 12.6. The van der Waals surface area contributed by atoms with Crippen molar-refractivity contribution in [2.24, 2.45) is 35.5 Å².